The van der Waals surface area contributed by atoms with Gasteiger partial charge in [0.25, 0.3) is 0 Å². The van der Waals surface area contributed by atoms with Crippen molar-refractivity contribution in [3.63, 3.8) is 0 Å². The lowest BCUT2D eigenvalue weighted by molar-refractivity contribution is -0.120. The molecule has 22 heavy (non-hydrogen) atoms. The first-order chi connectivity index (χ1) is 10.7. The van der Waals surface area contributed by atoms with Crippen LogP contribution in [0.4, 0.5) is 10.8 Å². The Labute approximate surface area is 133 Å². The summed E-state index contributed by atoms with van der Waals surface area (Å²) in [6, 6.07) is 3.72. The van der Waals surface area contributed by atoms with E-state index in [0.29, 0.717) is 10.9 Å². The molecule has 6 nitrogen and oxygen atoms in total. The summed E-state index contributed by atoms with van der Waals surface area (Å²) in [5, 5.41) is 3.63. The second-order valence-electron chi connectivity index (χ2n) is 5.51. The molecule has 1 amide bonds. The van der Waals surface area contributed by atoms with Gasteiger partial charge < -0.3 is 10.1 Å². The molecule has 0 saturated heterocycles. The van der Waals surface area contributed by atoms with Crippen LogP contribution in [-0.4, -0.2) is 18.0 Å². The van der Waals surface area contributed by atoms with E-state index in [-0.39, 0.29) is 11.8 Å². The van der Waals surface area contributed by atoms with Crippen molar-refractivity contribution in [1.82, 2.24) is 4.98 Å². The highest BCUT2D eigenvalue weighted by atomic mass is 32.1. The molecule has 0 bridgehead atoms. The topological polar surface area (TPSA) is 89.3 Å². The highest BCUT2D eigenvalue weighted by Crippen LogP contribution is 2.35. The fraction of sp³-hybridized carbons (Fsp3) is 0.467. The zero-order chi connectivity index (χ0) is 15.5. The van der Waals surface area contributed by atoms with E-state index in [0.717, 1.165) is 41.6 Å². The lowest BCUT2D eigenvalue weighted by Crippen LogP contribution is -2.24. The van der Waals surface area contributed by atoms with Gasteiger partial charge in [-0.2, -0.15) is 0 Å². The maximum atomic E-state index is 12.4. The summed E-state index contributed by atoms with van der Waals surface area (Å²) in [6.07, 6.45) is 5.47. The number of nitrogens with two attached hydrogens (primary N) is 1. The van der Waals surface area contributed by atoms with Crippen molar-refractivity contribution < 1.29 is 9.53 Å². The van der Waals surface area contributed by atoms with Crippen LogP contribution in [0.25, 0.3) is 10.2 Å². The molecule has 0 radical (unpaired) electrons. The van der Waals surface area contributed by atoms with Gasteiger partial charge in [-0.15, -0.1) is 0 Å². The summed E-state index contributed by atoms with van der Waals surface area (Å²) in [5.41, 5.74) is 4.03. The number of fused-ring (bicyclic) bond motifs is 1. The Hall–Kier alpha value is -1.86. The van der Waals surface area contributed by atoms with Crippen LogP contribution in [-0.2, 0) is 4.79 Å². The molecular formula is C15H20N4O2S. The Bertz CT molecular complexity index is 679. The Kier molecular flexibility index (Phi) is 4.44. The van der Waals surface area contributed by atoms with E-state index in [1.807, 2.05) is 12.1 Å². The van der Waals surface area contributed by atoms with Gasteiger partial charge in [0.2, 0.25) is 5.91 Å². The minimum absolute atomic E-state index is 0.0998. The summed E-state index contributed by atoms with van der Waals surface area (Å²) in [6.45, 7) is 0. The standard InChI is InChI=1S/C15H20N4O2S/c1-21-11-7-10(8-12-13(11)18-15(19-16)22-12)17-14(20)9-5-3-2-4-6-9/h7-9H,2-6,16H2,1H3,(H,17,20)(H,18,19). The predicted molar refractivity (Wildman–Crippen MR) is 89.2 cm³/mol. The third-order valence-corrected chi connectivity index (χ3v) is 4.98. The second kappa shape index (κ2) is 6.50. The molecule has 4 N–H and O–H groups in total. The number of carbonyl (C=O) groups excluding carboxylic acids is 1. The minimum atomic E-state index is 0.0998. The highest BCUT2D eigenvalue weighted by molar-refractivity contribution is 7.22. The number of hydrazine groups is 1. The molecule has 1 aromatic carbocycles. The molecule has 0 spiro atoms. The van der Waals surface area contributed by atoms with E-state index in [1.54, 1.807) is 7.11 Å². The monoisotopic (exact) mass is 320 g/mol. The highest BCUT2D eigenvalue weighted by Gasteiger charge is 2.21. The largest absolute Gasteiger partial charge is 0.494 e. The SMILES string of the molecule is COc1cc(NC(=O)C2CCCCC2)cc2sc(NN)nc12. The van der Waals surface area contributed by atoms with Gasteiger partial charge in [-0.25, -0.2) is 10.8 Å². The van der Waals surface area contributed by atoms with E-state index in [4.69, 9.17) is 10.6 Å². The van der Waals surface area contributed by atoms with Gasteiger partial charge in [0, 0.05) is 17.7 Å². The Morgan fingerprint density at radius 1 is 1.36 bits per heavy atom. The number of hydrogen-bond donors (Lipinski definition) is 3. The van der Waals surface area contributed by atoms with E-state index in [9.17, 15) is 4.79 Å². The van der Waals surface area contributed by atoms with Crippen molar-refractivity contribution in [2.24, 2.45) is 11.8 Å². The number of hydrogen-bond acceptors (Lipinski definition) is 6. The summed E-state index contributed by atoms with van der Waals surface area (Å²) in [5.74, 6) is 6.27. The number of nitrogens with zero attached hydrogens (tertiary/aromatic N) is 1. The van der Waals surface area contributed by atoms with Crippen molar-refractivity contribution in [2.45, 2.75) is 32.1 Å². The molecule has 0 aliphatic heterocycles. The molecule has 1 saturated carbocycles. The lowest BCUT2D eigenvalue weighted by atomic mass is 9.88. The van der Waals surface area contributed by atoms with Crippen LogP contribution in [0.3, 0.4) is 0 Å². The number of aromatic nitrogens is 1. The van der Waals surface area contributed by atoms with Gasteiger partial charge in [-0.05, 0) is 18.9 Å². The molecule has 2 aromatic rings. The van der Waals surface area contributed by atoms with Crippen LogP contribution in [0.15, 0.2) is 12.1 Å². The first-order valence-corrected chi connectivity index (χ1v) is 8.29. The fourth-order valence-corrected chi connectivity index (χ4v) is 3.73. The zero-order valence-electron chi connectivity index (χ0n) is 12.5. The van der Waals surface area contributed by atoms with E-state index >= 15 is 0 Å². The molecule has 3 rings (SSSR count). The van der Waals surface area contributed by atoms with Crippen molar-refractivity contribution in [1.29, 1.82) is 0 Å². The number of amides is 1. The zero-order valence-corrected chi connectivity index (χ0v) is 13.3. The maximum Gasteiger partial charge on any atom is 0.227 e. The smallest absolute Gasteiger partial charge is 0.227 e. The summed E-state index contributed by atoms with van der Waals surface area (Å²) in [7, 11) is 1.59. The first-order valence-electron chi connectivity index (χ1n) is 7.47. The number of nitrogens with one attached hydrogen (secondary N) is 2. The van der Waals surface area contributed by atoms with Crippen LogP contribution < -0.4 is 21.3 Å². The molecule has 118 valence electrons. The summed E-state index contributed by atoms with van der Waals surface area (Å²) >= 11 is 1.43. The first kappa shape index (κ1) is 15.1. The predicted octanol–water partition coefficient (Wildman–Crippen LogP) is 3.11. The van der Waals surface area contributed by atoms with Crippen LogP contribution in [0.1, 0.15) is 32.1 Å². The number of nitrogen functional groups attached to an aromatic ring is 1. The Morgan fingerprint density at radius 2 is 2.14 bits per heavy atom. The van der Waals surface area contributed by atoms with E-state index < -0.39 is 0 Å². The van der Waals surface area contributed by atoms with Crippen molar-refractivity contribution in [3.8, 4) is 5.75 Å². The van der Waals surface area contributed by atoms with Gasteiger partial charge in [0.1, 0.15) is 11.3 Å². The van der Waals surface area contributed by atoms with Gasteiger partial charge in [-0.3, -0.25) is 10.2 Å². The third-order valence-electron chi connectivity index (χ3n) is 4.05. The van der Waals surface area contributed by atoms with Crippen LogP contribution in [0.2, 0.25) is 0 Å². The third kappa shape index (κ3) is 3.00. The normalized spacial score (nSPS) is 15.7. The molecule has 0 unspecified atom stereocenters. The van der Waals surface area contributed by atoms with Gasteiger partial charge in [0.05, 0.1) is 11.8 Å². The quantitative estimate of drug-likeness (QED) is 0.595. The van der Waals surface area contributed by atoms with Crippen molar-refractivity contribution >= 4 is 38.3 Å². The molecule has 1 aliphatic carbocycles. The Balaban J connectivity index is 1.85. The number of methoxy groups -OCH3 is 1. The summed E-state index contributed by atoms with van der Waals surface area (Å²) < 4.78 is 6.30. The molecule has 0 atom stereocenters. The number of anilines is 2. The van der Waals surface area contributed by atoms with Gasteiger partial charge in [0.15, 0.2) is 5.13 Å². The van der Waals surface area contributed by atoms with Crippen LogP contribution >= 0.6 is 11.3 Å². The van der Waals surface area contributed by atoms with Crippen LogP contribution in [0, 0.1) is 5.92 Å². The van der Waals surface area contributed by atoms with Crippen molar-refractivity contribution in [3.05, 3.63) is 12.1 Å². The van der Waals surface area contributed by atoms with Gasteiger partial charge >= 0.3 is 0 Å². The molecule has 7 heteroatoms. The molecule has 1 aromatic heterocycles. The number of carbonyl (C=O) groups is 1. The van der Waals surface area contributed by atoms with E-state index in [2.05, 4.69) is 15.7 Å². The average molecular weight is 320 g/mol. The molecule has 1 fully saturated rings. The molecular weight excluding hydrogens is 300 g/mol. The molecule has 1 heterocycles. The molecule has 1 aliphatic rings. The van der Waals surface area contributed by atoms with E-state index in [1.165, 1.54) is 17.8 Å². The number of thiazole rings is 1. The van der Waals surface area contributed by atoms with Crippen molar-refractivity contribution in [2.75, 3.05) is 17.9 Å². The fourth-order valence-electron chi connectivity index (χ4n) is 2.90. The maximum absolute atomic E-state index is 12.4. The minimum Gasteiger partial charge on any atom is -0.494 e. The summed E-state index contributed by atoms with van der Waals surface area (Å²) in [4.78, 5) is 16.7. The van der Waals surface area contributed by atoms with Crippen LogP contribution in [0.5, 0.6) is 5.75 Å². The Morgan fingerprint density at radius 3 is 2.82 bits per heavy atom. The lowest BCUT2D eigenvalue weighted by Gasteiger charge is -2.20. The number of benzene rings is 1. The number of rotatable bonds is 4. The average Bonchev–Trinajstić information content (AvgIpc) is 2.98. The number of ether oxygens (including phenoxy) is 1. The second-order valence-corrected chi connectivity index (χ2v) is 6.54. The van der Waals surface area contributed by atoms with Gasteiger partial charge in [-0.1, -0.05) is 30.6 Å².